The highest BCUT2D eigenvalue weighted by Crippen LogP contribution is 2.44. The molecule has 8 heteroatoms. The molecule has 0 aromatic heterocycles. The fourth-order valence-electron chi connectivity index (χ4n) is 3.91. The molecule has 2 atom stereocenters. The van der Waals surface area contributed by atoms with Crippen LogP contribution >= 0.6 is 23.4 Å². The first-order chi connectivity index (χ1) is 13.3. The van der Waals surface area contributed by atoms with Crippen molar-refractivity contribution in [2.24, 2.45) is 10.8 Å². The van der Waals surface area contributed by atoms with Gasteiger partial charge >= 0.3 is 0 Å². The van der Waals surface area contributed by atoms with Crippen LogP contribution in [0.2, 0.25) is 5.02 Å². The number of hydrogen-bond donors (Lipinski definition) is 2. The largest absolute Gasteiger partial charge is 0.397 e. The predicted octanol–water partition coefficient (Wildman–Crippen LogP) is 2.92. The van der Waals surface area contributed by atoms with Gasteiger partial charge < -0.3 is 16.0 Å². The lowest BCUT2D eigenvalue weighted by Gasteiger charge is -2.29. The number of hydrazone groups is 1. The molecule has 1 aromatic carbocycles. The minimum absolute atomic E-state index is 0.0315. The predicted molar refractivity (Wildman–Crippen MR) is 116 cm³/mol. The van der Waals surface area contributed by atoms with Gasteiger partial charge in [-0.3, -0.25) is 9.80 Å². The molecule has 148 valence electrons. The summed E-state index contributed by atoms with van der Waals surface area (Å²) in [5.41, 5.74) is 11.1. The number of fused-ring (bicyclic) bond motifs is 1. The average Bonchev–Trinajstić information content (AvgIpc) is 3.25. The van der Waals surface area contributed by atoms with Crippen molar-refractivity contribution in [3.63, 3.8) is 0 Å². The molecule has 3 heterocycles. The number of nitrogens with one attached hydrogen (secondary N) is 1. The Morgan fingerprint density at radius 3 is 2.93 bits per heavy atom. The maximum absolute atomic E-state index is 13.0. The van der Waals surface area contributed by atoms with Crippen LogP contribution in [0.5, 0.6) is 0 Å². The van der Waals surface area contributed by atoms with Crippen molar-refractivity contribution in [2.45, 2.75) is 31.7 Å². The van der Waals surface area contributed by atoms with E-state index in [2.05, 4.69) is 15.3 Å². The van der Waals surface area contributed by atoms with Gasteiger partial charge in [-0.05, 0) is 44.0 Å². The Morgan fingerprint density at radius 2 is 2.18 bits per heavy atom. The Balaban J connectivity index is 1.46. The highest BCUT2D eigenvalue weighted by Gasteiger charge is 2.39. The van der Waals surface area contributed by atoms with Crippen LogP contribution in [-0.4, -0.2) is 48.2 Å². The van der Waals surface area contributed by atoms with Gasteiger partial charge in [0.2, 0.25) is 0 Å². The van der Waals surface area contributed by atoms with Crippen LogP contribution < -0.4 is 16.0 Å². The van der Waals surface area contributed by atoms with Gasteiger partial charge in [0.1, 0.15) is 5.37 Å². The Morgan fingerprint density at radius 1 is 1.39 bits per heavy atom. The average molecular weight is 418 g/mol. The number of nitrogens with two attached hydrogens (primary N) is 1. The second-order valence-corrected chi connectivity index (χ2v) is 8.92. The van der Waals surface area contributed by atoms with Crippen LogP contribution in [0.15, 0.2) is 51.1 Å². The van der Waals surface area contributed by atoms with Crippen molar-refractivity contribution in [2.75, 3.05) is 25.0 Å². The summed E-state index contributed by atoms with van der Waals surface area (Å²) in [5.74, 6) is -0.0961. The molecule has 3 N–H and O–H groups in total. The third-order valence-corrected chi connectivity index (χ3v) is 7.15. The van der Waals surface area contributed by atoms with Gasteiger partial charge in [-0.2, -0.15) is 5.10 Å². The first-order valence-electron chi connectivity index (χ1n) is 9.32. The standard InChI is InChI=1S/C20H24ClN5OS/c1-11-12(2)24-25(3)20-16(11)17(22)18(28-20)19(27)23-14-7-8-26(10-14)15-6-4-5-13(21)9-15/h4-6,9,14,20H,7-8,10,22H2,1-3H3,(H,23,27). The number of likely N-dealkylation sites (N-methyl/N-ethyl adjacent to an activating group) is 1. The zero-order chi connectivity index (χ0) is 20.0. The molecule has 6 nitrogen and oxygen atoms in total. The minimum Gasteiger partial charge on any atom is -0.397 e. The fraction of sp³-hybridized carbons (Fsp3) is 0.400. The Hall–Kier alpha value is -2.12. The SMILES string of the molecule is CC1=NN(C)C2SC(C(=O)NC3CCN(c4cccc(Cl)c4)C3)=C(N)C2=C1C. The van der Waals surface area contributed by atoms with Gasteiger partial charge in [-0.1, -0.05) is 29.4 Å². The smallest absolute Gasteiger partial charge is 0.260 e. The van der Waals surface area contributed by atoms with Crippen molar-refractivity contribution in [1.29, 1.82) is 0 Å². The Bertz CT molecular complexity index is 925. The number of anilines is 1. The molecule has 0 radical (unpaired) electrons. The summed E-state index contributed by atoms with van der Waals surface area (Å²) in [6.45, 7) is 5.63. The van der Waals surface area contributed by atoms with E-state index in [1.54, 1.807) is 0 Å². The molecule has 1 amide bonds. The van der Waals surface area contributed by atoms with E-state index in [0.29, 0.717) is 10.6 Å². The summed E-state index contributed by atoms with van der Waals surface area (Å²) in [7, 11) is 1.92. The van der Waals surface area contributed by atoms with E-state index in [1.807, 2.05) is 50.2 Å². The van der Waals surface area contributed by atoms with Gasteiger partial charge in [0.15, 0.2) is 0 Å². The van der Waals surface area contributed by atoms with Crippen molar-refractivity contribution < 1.29 is 4.79 Å². The number of thioether (sulfide) groups is 1. The van der Waals surface area contributed by atoms with Crippen molar-refractivity contribution in [3.8, 4) is 0 Å². The third kappa shape index (κ3) is 3.37. The molecule has 0 spiro atoms. The molecule has 0 aliphatic carbocycles. The van der Waals surface area contributed by atoms with Crippen LogP contribution in [0.25, 0.3) is 0 Å². The highest BCUT2D eigenvalue weighted by molar-refractivity contribution is 8.05. The molecule has 0 saturated carbocycles. The molecule has 1 fully saturated rings. The zero-order valence-electron chi connectivity index (χ0n) is 16.2. The summed E-state index contributed by atoms with van der Waals surface area (Å²) in [5, 5.41) is 10.3. The third-order valence-electron chi connectivity index (χ3n) is 5.51. The molecule has 0 bridgehead atoms. The van der Waals surface area contributed by atoms with Gasteiger partial charge in [0.25, 0.3) is 5.91 Å². The van der Waals surface area contributed by atoms with Gasteiger partial charge in [-0.15, -0.1) is 0 Å². The molecular formula is C20H24ClN5OS. The zero-order valence-corrected chi connectivity index (χ0v) is 17.8. The molecule has 3 aliphatic rings. The molecule has 1 aromatic rings. The van der Waals surface area contributed by atoms with Crippen LogP contribution in [0.3, 0.4) is 0 Å². The summed E-state index contributed by atoms with van der Waals surface area (Å²) in [6.07, 6.45) is 0.892. The lowest BCUT2D eigenvalue weighted by Crippen LogP contribution is -2.37. The van der Waals surface area contributed by atoms with E-state index < -0.39 is 0 Å². The number of rotatable bonds is 3. The molecule has 28 heavy (non-hydrogen) atoms. The number of hydrogen-bond acceptors (Lipinski definition) is 6. The second-order valence-electron chi connectivity index (χ2n) is 7.40. The van der Waals surface area contributed by atoms with Crippen LogP contribution in [-0.2, 0) is 4.79 Å². The molecule has 1 saturated heterocycles. The van der Waals surface area contributed by atoms with E-state index >= 15 is 0 Å². The first kappa shape index (κ1) is 19.2. The fourth-order valence-corrected chi connectivity index (χ4v) is 5.34. The van der Waals surface area contributed by atoms with Crippen LogP contribution in [0.1, 0.15) is 20.3 Å². The van der Waals surface area contributed by atoms with Gasteiger partial charge in [0, 0.05) is 42.5 Å². The number of allylic oxidation sites excluding steroid dienone is 1. The van der Waals surface area contributed by atoms with Crippen molar-refractivity contribution >= 4 is 40.7 Å². The maximum atomic E-state index is 13.0. The number of halogens is 1. The van der Waals surface area contributed by atoms with E-state index in [9.17, 15) is 4.79 Å². The normalized spacial score (nSPS) is 24.6. The maximum Gasteiger partial charge on any atom is 0.260 e. The van der Waals surface area contributed by atoms with Crippen molar-refractivity contribution in [3.05, 3.63) is 51.0 Å². The minimum atomic E-state index is -0.0961. The van der Waals surface area contributed by atoms with Gasteiger partial charge in [-0.25, -0.2) is 0 Å². The number of carbonyl (C=O) groups is 1. The molecular weight excluding hydrogens is 394 g/mol. The van der Waals surface area contributed by atoms with Crippen LogP contribution in [0, 0.1) is 0 Å². The topological polar surface area (TPSA) is 74.0 Å². The molecule has 2 unspecified atom stereocenters. The number of carbonyl (C=O) groups excluding carboxylic acids is 1. The Kier molecular flexibility index (Phi) is 5.05. The quantitative estimate of drug-likeness (QED) is 0.791. The molecule has 4 rings (SSSR count). The van der Waals surface area contributed by atoms with E-state index in [1.165, 1.54) is 11.8 Å². The summed E-state index contributed by atoms with van der Waals surface area (Å²) in [6, 6.07) is 7.90. The van der Waals surface area contributed by atoms with E-state index in [-0.39, 0.29) is 17.3 Å². The number of nitrogens with zero attached hydrogens (tertiary/aromatic N) is 3. The lowest BCUT2D eigenvalue weighted by molar-refractivity contribution is -0.117. The first-order valence-corrected chi connectivity index (χ1v) is 10.6. The van der Waals surface area contributed by atoms with E-state index in [4.69, 9.17) is 17.3 Å². The summed E-state index contributed by atoms with van der Waals surface area (Å²) < 4.78 is 0. The highest BCUT2D eigenvalue weighted by atomic mass is 35.5. The summed E-state index contributed by atoms with van der Waals surface area (Å²) in [4.78, 5) is 15.8. The Labute approximate surface area is 174 Å². The van der Waals surface area contributed by atoms with Crippen molar-refractivity contribution in [1.82, 2.24) is 10.3 Å². The van der Waals surface area contributed by atoms with Gasteiger partial charge in [0.05, 0.1) is 16.3 Å². The molecule has 3 aliphatic heterocycles. The lowest BCUT2D eigenvalue weighted by atomic mass is 10.0. The van der Waals surface area contributed by atoms with Crippen LogP contribution in [0.4, 0.5) is 5.69 Å². The summed E-state index contributed by atoms with van der Waals surface area (Å²) >= 11 is 7.58. The monoisotopic (exact) mass is 417 g/mol. The van der Waals surface area contributed by atoms with E-state index in [0.717, 1.165) is 47.1 Å². The second kappa shape index (κ2) is 7.37. The number of benzene rings is 1. The number of amides is 1.